The zero-order valence-electron chi connectivity index (χ0n) is 18.5. The molecule has 162 valence electrons. The maximum Gasteiger partial charge on any atom is 0.264 e. The molecule has 32 heavy (non-hydrogen) atoms. The predicted octanol–water partition coefficient (Wildman–Crippen LogP) is 5.76. The summed E-state index contributed by atoms with van der Waals surface area (Å²) in [5.41, 5.74) is 5.01. The fourth-order valence-electron chi connectivity index (χ4n) is 4.45. The third kappa shape index (κ3) is 4.47. The molecular formula is C28H28N2OS. The van der Waals surface area contributed by atoms with Crippen LogP contribution >= 0.6 is 11.3 Å². The van der Waals surface area contributed by atoms with Gasteiger partial charge in [0, 0.05) is 37.4 Å². The van der Waals surface area contributed by atoms with E-state index in [1.54, 1.807) is 11.3 Å². The first kappa shape index (κ1) is 20.9. The van der Waals surface area contributed by atoms with Gasteiger partial charge in [0.15, 0.2) is 0 Å². The second-order valence-corrected chi connectivity index (χ2v) is 9.67. The van der Waals surface area contributed by atoms with Crippen molar-refractivity contribution in [2.45, 2.75) is 19.9 Å². The molecule has 4 heteroatoms. The highest BCUT2D eigenvalue weighted by atomic mass is 32.1. The third-order valence-electron chi connectivity index (χ3n) is 6.30. The molecule has 0 radical (unpaired) electrons. The molecular weight excluding hydrogens is 412 g/mol. The van der Waals surface area contributed by atoms with E-state index in [4.69, 9.17) is 0 Å². The number of carbonyl (C=O) groups excluding carboxylic acids is 1. The second-order valence-electron chi connectivity index (χ2n) is 8.62. The van der Waals surface area contributed by atoms with E-state index in [9.17, 15) is 4.79 Å². The SMILES string of the molecule is Cc1ccc(Cc2c(C(=O)N3CCN(Cc4ccccc4)CC3)sc3ccccc23)cc1. The fraction of sp³-hybridized carbons (Fsp3) is 0.250. The summed E-state index contributed by atoms with van der Waals surface area (Å²) in [5.74, 6) is 0.188. The molecule has 0 spiro atoms. The Morgan fingerprint density at radius 2 is 1.50 bits per heavy atom. The van der Waals surface area contributed by atoms with Crippen molar-refractivity contribution in [1.82, 2.24) is 9.80 Å². The van der Waals surface area contributed by atoms with Crippen LogP contribution < -0.4 is 0 Å². The van der Waals surface area contributed by atoms with Gasteiger partial charge in [-0.1, -0.05) is 78.4 Å². The minimum absolute atomic E-state index is 0.188. The molecule has 1 aliphatic rings. The molecule has 1 amide bonds. The van der Waals surface area contributed by atoms with E-state index < -0.39 is 0 Å². The van der Waals surface area contributed by atoms with Crippen molar-refractivity contribution in [3.63, 3.8) is 0 Å². The number of aryl methyl sites for hydroxylation is 1. The van der Waals surface area contributed by atoms with Crippen LogP contribution in [0.1, 0.15) is 31.9 Å². The molecule has 0 bridgehead atoms. The van der Waals surface area contributed by atoms with Crippen LogP contribution in [0.4, 0.5) is 0 Å². The summed E-state index contributed by atoms with van der Waals surface area (Å²) in [6.07, 6.45) is 0.791. The van der Waals surface area contributed by atoms with Crippen LogP contribution in [0.5, 0.6) is 0 Å². The number of nitrogens with zero attached hydrogens (tertiary/aromatic N) is 2. The summed E-state index contributed by atoms with van der Waals surface area (Å²) in [6, 6.07) is 27.7. The number of thiophene rings is 1. The molecule has 0 atom stereocenters. The van der Waals surface area contributed by atoms with Crippen molar-refractivity contribution in [2.24, 2.45) is 0 Å². The van der Waals surface area contributed by atoms with E-state index >= 15 is 0 Å². The maximum atomic E-state index is 13.6. The standard InChI is InChI=1S/C28H28N2OS/c1-21-11-13-22(14-12-21)19-25-24-9-5-6-10-26(24)32-27(25)28(31)30-17-15-29(16-18-30)20-23-7-3-2-4-8-23/h2-14H,15-20H2,1H3. The molecule has 3 nitrogen and oxygen atoms in total. The van der Waals surface area contributed by atoms with Crippen molar-refractivity contribution in [2.75, 3.05) is 26.2 Å². The Hall–Kier alpha value is -2.95. The van der Waals surface area contributed by atoms with E-state index in [0.717, 1.165) is 44.0 Å². The molecule has 1 saturated heterocycles. The summed E-state index contributed by atoms with van der Waals surface area (Å²) in [6.45, 7) is 6.45. The summed E-state index contributed by atoms with van der Waals surface area (Å²) in [7, 11) is 0. The topological polar surface area (TPSA) is 23.6 Å². The van der Waals surface area contributed by atoms with Gasteiger partial charge in [0.05, 0.1) is 4.88 Å². The Labute approximate surface area is 193 Å². The quantitative estimate of drug-likeness (QED) is 0.394. The number of amides is 1. The number of piperazine rings is 1. The molecule has 1 aliphatic heterocycles. The number of carbonyl (C=O) groups is 1. The zero-order valence-corrected chi connectivity index (χ0v) is 19.3. The Balaban J connectivity index is 1.35. The predicted molar refractivity (Wildman–Crippen MR) is 133 cm³/mol. The van der Waals surface area contributed by atoms with Gasteiger partial charge in [0.1, 0.15) is 0 Å². The number of hydrogen-bond donors (Lipinski definition) is 0. The molecule has 1 fully saturated rings. The van der Waals surface area contributed by atoms with E-state index in [1.165, 1.54) is 32.3 Å². The monoisotopic (exact) mass is 440 g/mol. The molecule has 1 aromatic heterocycles. The Morgan fingerprint density at radius 1 is 0.812 bits per heavy atom. The highest BCUT2D eigenvalue weighted by Gasteiger charge is 2.26. The maximum absolute atomic E-state index is 13.6. The van der Waals surface area contributed by atoms with Crippen molar-refractivity contribution < 1.29 is 4.79 Å². The number of benzene rings is 3. The van der Waals surface area contributed by atoms with E-state index in [2.05, 4.69) is 90.7 Å². The molecule has 3 aromatic carbocycles. The highest BCUT2D eigenvalue weighted by Crippen LogP contribution is 2.34. The molecule has 4 aromatic rings. The molecule has 5 rings (SSSR count). The van der Waals surface area contributed by atoms with Crippen molar-refractivity contribution >= 4 is 27.3 Å². The van der Waals surface area contributed by atoms with E-state index in [-0.39, 0.29) is 5.91 Å². The van der Waals surface area contributed by atoms with Gasteiger partial charge in [-0.05, 0) is 41.5 Å². The van der Waals surface area contributed by atoms with Crippen LogP contribution in [0, 0.1) is 6.92 Å². The molecule has 0 N–H and O–H groups in total. The van der Waals surface area contributed by atoms with Gasteiger partial charge in [-0.25, -0.2) is 0 Å². The van der Waals surface area contributed by atoms with Gasteiger partial charge >= 0.3 is 0 Å². The Kier molecular flexibility index (Phi) is 6.06. The lowest BCUT2D eigenvalue weighted by atomic mass is 10.0. The van der Waals surface area contributed by atoms with Crippen LogP contribution in [-0.2, 0) is 13.0 Å². The lowest BCUT2D eigenvalue weighted by molar-refractivity contribution is 0.0632. The Bertz CT molecular complexity index is 1210. The minimum atomic E-state index is 0.188. The summed E-state index contributed by atoms with van der Waals surface area (Å²) in [4.78, 5) is 19.0. The first-order valence-corrected chi connectivity index (χ1v) is 12.1. The van der Waals surface area contributed by atoms with Crippen LogP contribution in [0.15, 0.2) is 78.9 Å². The third-order valence-corrected chi connectivity index (χ3v) is 7.50. The van der Waals surface area contributed by atoms with E-state index in [0.29, 0.717) is 0 Å². The first-order chi connectivity index (χ1) is 15.7. The van der Waals surface area contributed by atoms with Gasteiger partial charge in [-0.3, -0.25) is 9.69 Å². The van der Waals surface area contributed by atoms with Gasteiger partial charge in [-0.15, -0.1) is 11.3 Å². The largest absolute Gasteiger partial charge is 0.335 e. The average molecular weight is 441 g/mol. The van der Waals surface area contributed by atoms with Crippen molar-refractivity contribution in [1.29, 1.82) is 0 Å². The van der Waals surface area contributed by atoms with Crippen molar-refractivity contribution in [3.8, 4) is 0 Å². The minimum Gasteiger partial charge on any atom is -0.335 e. The van der Waals surface area contributed by atoms with Crippen LogP contribution in [0.25, 0.3) is 10.1 Å². The van der Waals surface area contributed by atoms with Crippen LogP contribution in [0.3, 0.4) is 0 Å². The average Bonchev–Trinajstić information content (AvgIpc) is 3.19. The van der Waals surface area contributed by atoms with E-state index in [1.807, 2.05) is 4.90 Å². The Morgan fingerprint density at radius 3 is 2.25 bits per heavy atom. The lowest BCUT2D eigenvalue weighted by Gasteiger charge is -2.34. The van der Waals surface area contributed by atoms with Gasteiger partial charge < -0.3 is 4.90 Å². The van der Waals surface area contributed by atoms with Gasteiger partial charge in [0.2, 0.25) is 0 Å². The summed E-state index contributed by atoms with van der Waals surface area (Å²) in [5, 5.41) is 1.21. The number of rotatable bonds is 5. The molecule has 0 aliphatic carbocycles. The highest BCUT2D eigenvalue weighted by molar-refractivity contribution is 7.21. The summed E-state index contributed by atoms with van der Waals surface area (Å²) < 4.78 is 1.20. The van der Waals surface area contributed by atoms with Crippen LogP contribution in [-0.4, -0.2) is 41.9 Å². The summed E-state index contributed by atoms with van der Waals surface area (Å²) >= 11 is 1.65. The van der Waals surface area contributed by atoms with Gasteiger partial charge in [0.25, 0.3) is 5.91 Å². The number of hydrogen-bond acceptors (Lipinski definition) is 3. The second kappa shape index (κ2) is 9.27. The first-order valence-electron chi connectivity index (χ1n) is 11.3. The smallest absolute Gasteiger partial charge is 0.264 e. The molecule has 2 heterocycles. The van der Waals surface area contributed by atoms with Crippen molar-refractivity contribution in [3.05, 3.63) is 106 Å². The van der Waals surface area contributed by atoms with Crippen LogP contribution in [0.2, 0.25) is 0 Å². The zero-order chi connectivity index (χ0) is 21.9. The normalized spacial score (nSPS) is 14.7. The molecule has 0 saturated carbocycles. The number of fused-ring (bicyclic) bond motifs is 1. The molecule has 0 unspecified atom stereocenters. The lowest BCUT2D eigenvalue weighted by Crippen LogP contribution is -2.48. The van der Waals surface area contributed by atoms with Gasteiger partial charge in [-0.2, -0.15) is 0 Å². The fourth-order valence-corrected chi connectivity index (χ4v) is 5.64.